The Hall–Kier alpha value is -0.610. The molecule has 4 fully saturated rings. The monoisotopic (exact) mass is 336 g/mol. The highest BCUT2D eigenvalue weighted by molar-refractivity contribution is 5.75. The first-order valence-corrected chi connectivity index (χ1v) is 9.77. The van der Waals surface area contributed by atoms with E-state index in [0.717, 1.165) is 57.8 Å². The van der Waals surface area contributed by atoms with Crippen molar-refractivity contribution in [3.05, 3.63) is 0 Å². The molecular formula is C20H32O4. The third kappa shape index (κ3) is 1.90. The molecule has 4 aliphatic carbocycles. The highest BCUT2D eigenvalue weighted by Gasteiger charge is 2.68. The summed E-state index contributed by atoms with van der Waals surface area (Å²) in [5.74, 6) is 0.348. The van der Waals surface area contributed by atoms with Gasteiger partial charge in [0.2, 0.25) is 0 Å². The van der Waals surface area contributed by atoms with Crippen LogP contribution in [0.5, 0.6) is 0 Å². The van der Waals surface area contributed by atoms with Crippen molar-refractivity contribution in [2.24, 2.45) is 34.0 Å². The first-order valence-electron chi connectivity index (χ1n) is 9.77. The van der Waals surface area contributed by atoms with Crippen molar-refractivity contribution in [1.82, 2.24) is 0 Å². The lowest BCUT2D eigenvalue weighted by atomic mass is 9.41. The van der Waals surface area contributed by atoms with Gasteiger partial charge in [0.1, 0.15) is 0 Å². The molecule has 0 aromatic rings. The zero-order valence-electron chi connectivity index (χ0n) is 15.1. The summed E-state index contributed by atoms with van der Waals surface area (Å²) in [6.45, 7) is 4.19. The fraction of sp³-hybridized carbons (Fsp3) is 0.950. The van der Waals surface area contributed by atoms with Crippen LogP contribution in [0.15, 0.2) is 0 Å². The minimum Gasteiger partial charge on any atom is -0.481 e. The van der Waals surface area contributed by atoms with Gasteiger partial charge in [-0.3, -0.25) is 4.79 Å². The second-order valence-electron chi connectivity index (χ2n) is 10.0. The van der Waals surface area contributed by atoms with Gasteiger partial charge in [-0.25, -0.2) is 0 Å². The maximum absolute atomic E-state index is 12.1. The molecule has 4 nitrogen and oxygen atoms in total. The number of hydrogen-bond donors (Lipinski definition) is 3. The number of carbonyl (C=O) groups is 1. The molecule has 0 aliphatic heterocycles. The van der Waals surface area contributed by atoms with Crippen LogP contribution in [0.25, 0.3) is 0 Å². The van der Waals surface area contributed by atoms with Gasteiger partial charge in [0.25, 0.3) is 0 Å². The number of carboxylic acid groups (broad SMARTS) is 1. The summed E-state index contributed by atoms with van der Waals surface area (Å²) in [6, 6.07) is 0. The van der Waals surface area contributed by atoms with Crippen LogP contribution >= 0.6 is 0 Å². The Bertz CT molecular complexity index is 562. The van der Waals surface area contributed by atoms with Crippen molar-refractivity contribution in [1.29, 1.82) is 0 Å². The van der Waals surface area contributed by atoms with E-state index in [0.29, 0.717) is 5.92 Å². The van der Waals surface area contributed by atoms with E-state index in [1.807, 2.05) is 6.92 Å². The minimum absolute atomic E-state index is 0.0648. The summed E-state index contributed by atoms with van der Waals surface area (Å²) in [5, 5.41) is 30.6. The first kappa shape index (κ1) is 16.8. The summed E-state index contributed by atoms with van der Waals surface area (Å²) in [6.07, 6.45) is 8.73. The Morgan fingerprint density at radius 2 is 1.83 bits per heavy atom. The van der Waals surface area contributed by atoms with Crippen LogP contribution in [0, 0.1) is 34.0 Å². The summed E-state index contributed by atoms with van der Waals surface area (Å²) in [5.41, 5.74) is -1.31. The Kier molecular flexibility index (Phi) is 3.49. The number of aliphatic carboxylic acids is 1. The van der Waals surface area contributed by atoms with Gasteiger partial charge in [-0.05, 0) is 86.9 Å². The quantitative estimate of drug-likeness (QED) is 0.723. The molecule has 0 saturated heterocycles. The number of fused-ring (bicyclic) bond motifs is 3. The molecule has 4 rings (SSSR count). The maximum atomic E-state index is 12.1. The molecule has 4 heteroatoms. The zero-order valence-corrected chi connectivity index (χ0v) is 15.1. The third-order valence-electron chi connectivity index (χ3n) is 9.08. The molecule has 7 atom stereocenters. The molecule has 3 N–H and O–H groups in total. The van der Waals surface area contributed by atoms with E-state index < -0.39 is 17.0 Å². The van der Waals surface area contributed by atoms with Gasteiger partial charge >= 0.3 is 5.97 Å². The lowest BCUT2D eigenvalue weighted by Crippen LogP contribution is -2.58. The van der Waals surface area contributed by atoms with E-state index in [1.54, 1.807) is 0 Å². The van der Waals surface area contributed by atoms with Crippen molar-refractivity contribution in [2.45, 2.75) is 77.2 Å². The Morgan fingerprint density at radius 3 is 2.50 bits per heavy atom. The average molecular weight is 336 g/mol. The fourth-order valence-electron chi connectivity index (χ4n) is 8.06. The fourth-order valence-corrected chi connectivity index (χ4v) is 8.06. The minimum atomic E-state index is -0.900. The van der Waals surface area contributed by atoms with E-state index >= 15 is 0 Å². The average Bonchev–Trinajstić information content (AvgIpc) is 2.73. The highest BCUT2D eigenvalue weighted by Crippen LogP contribution is 2.72. The normalized spacial score (nSPS) is 56.4. The molecule has 0 radical (unpaired) electrons. The Balaban J connectivity index is 1.73. The summed E-state index contributed by atoms with van der Waals surface area (Å²) >= 11 is 0. The molecule has 0 amide bonds. The molecule has 2 bridgehead atoms. The Morgan fingerprint density at radius 1 is 1.08 bits per heavy atom. The predicted molar refractivity (Wildman–Crippen MR) is 90.3 cm³/mol. The van der Waals surface area contributed by atoms with Gasteiger partial charge in [-0.2, -0.15) is 0 Å². The van der Waals surface area contributed by atoms with E-state index in [2.05, 4.69) is 6.92 Å². The lowest BCUT2D eigenvalue weighted by molar-refractivity contribution is -0.181. The van der Waals surface area contributed by atoms with E-state index in [4.69, 9.17) is 0 Å². The molecule has 0 aromatic heterocycles. The molecule has 136 valence electrons. The van der Waals surface area contributed by atoms with Crippen LogP contribution in [0.1, 0.15) is 71.6 Å². The molecule has 4 saturated carbocycles. The van der Waals surface area contributed by atoms with Crippen molar-refractivity contribution < 1.29 is 20.1 Å². The maximum Gasteiger partial charge on any atom is 0.309 e. The van der Waals surface area contributed by atoms with Crippen molar-refractivity contribution in [2.75, 3.05) is 6.61 Å². The number of aliphatic hydroxyl groups excluding tert-OH is 1. The number of rotatable bonds is 2. The molecular weight excluding hydrogens is 304 g/mol. The summed E-state index contributed by atoms with van der Waals surface area (Å²) in [7, 11) is 0. The smallest absolute Gasteiger partial charge is 0.309 e. The molecule has 0 heterocycles. The van der Waals surface area contributed by atoms with Gasteiger partial charge in [0.15, 0.2) is 0 Å². The van der Waals surface area contributed by atoms with Crippen molar-refractivity contribution in [3.8, 4) is 0 Å². The van der Waals surface area contributed by atoms with Gasteiger partial charge < -0.3 is 15.3 Å². The standard InChI is InChI=1S/C20H32O4/c1-17-7-3-8-18(2,16(22)23)14(17)6-9-19-10-13(4-5-15(17)19)20(24,11-19)12-21/h13-15,21,24H,3-12H2,1-2H3,(H,22,23)/t13-,14?,15?,17+,18+,19-,20-/m0/s1. The zero-order chi connectivity index (χ0) is 17.4. The lowest BCUT2D eigenvalue weighted by Gasteiger charge is -2.63. The second kappa shape index (κ2) is 4.97. The van der Waals surface area contributed by atoms with Crippen LogP contribution in [-0.4, -0.2) is 33.5 Å². The summed E-state index contributed by atoms with van der Waals surface area (Å²) < 4.78 is 0. The molecule has 24 heavy (non-hydrogen) atoms. The van der Waals surface area contributed by atoms with E-state index in [1.165, 1.54) is 0 Å². The summed E-state index contributed by atoms with van der Waals surface area (Å²) in [4.78, 5) is 12.1. The van der Waals surface area contributed by atoms with Gasteiger partial charge in [-0.15, -0.1) is 0 Å². The largest absolute Gasteiger partial charge is 0.481 e. The number of aliphatic hydroxyl groups is 2. The van der Waals surface area contributed by atoms with Crippen molar-refractivity contribution in [3.63, 3.8) is 0 Å². The van der Waals surface area contributed by atoms with Crippen LogP contribution in [-0.2, 0) is 4.79 Å². The van der Waals surface area contributed by atoms with Crippen molar-refractivity contribution >= 4 is 5.97 Å². The van der Waals surface area contributed by atoms with Crippen LogP contribution in [0.2, 0.25) is 0 Å². The molecule has 0 aromatic carbocycles. The highest BCUT2D eigenvalue weighted by atomic mass is 16.4. The molecule has 4 aliphatic rings. The topological polar surface area (TPSA) is 77.8 Å². The number of hydrogen-bond acceptors (Lipinski definition) is 3. The second-order valence-corrected chi connectivity index (χ2v) is 10.0. The van der Waals surface area contributed by atoms with Gasteiger partial charge in [-0.1, -0.05) is 13.3 Å². The first-order chi connectivity index (χ1) is 11.2. The van der Waals surface area contributed by atoms with Crippen LogP contribution in [0.3, 0.4) is 0 Å². The number of carboxylic acids is 1. The van der Waals surface area contributed by atoms with Gasteiger partial charge in [0.05, 0.1) is 17.6 Å². The van der Waals surface area contributed by atoms with Crippen LogP contribution in [0.4, 0.5) is 0 Å². The Labute approximate surface area is 144 Å². The van der Waals surface area contributed by atoms with Gasteiger partial charge in [0, 0.05) is 0 Å². The predicted octanol–water partition coefficient (Wildman–Crippen LogP) is 3.21. The van der Waals surface area contributed by atoms with E-state index in [-0.39, 0.29) is 29.3 Å². The van der Waals surface area contributed by atoms with E-state index in [9.17, 15) is 20.1 Å². The van der Waals surface area contributed by atoms with Crippen LogP contribution < -0.4 is 0 Å². The SMILES string of the molecule is C[C@@]12CCC[C@@](C)(C(=O)O)C1CC[C@@]13C[C@H](CCC12)[C@@](O)(CO)C3. The molecule has 2 unspecified atom stereocenters. The third-order valence-corrected chi connectivity index (χ3v) is 9.08. The molecule has 1 spiro atoms.